The summed E-state index contributed by atoms with van der Waals surface area (Å²) in [5.74, 6) is -0.461. The Morgan fingerprint density at radius 2 is 2.27 bits per heavy atom. The van der Waals surface area contributed by atoms with Crippen LogP contribution in [0.2, 0.25) is 0 Å². The van der Waals surface area contributed by atoms with Gasteiger partial charge >= 0.3 is 0 Å². The van der Waals surface area contributed by atoms with Gasteiger partial charge in [0.15, 0.2) is 0 Å². The second-order valence-corrected chi connectivity index (χ2v) is 3.66. The standard InChI is InChI=1S/C9H3BrFN2O2/c10-7-2-5-1-6(13(14)15)4-12-9(5)3-8(7)11/h2-4H. The molecule has 1 aromatic heterocycles. The van der Waals surface area contributed by atoms with Gasteiger partial charge in [0.1, 0.15) is 12.0 Å². The van der Waals surface area contributed by atoms with E-state index in [0.717, 1.165) is 6.20 Å². The lowest BCUT2D eigenvalue weighted by Crippen LogP contribution is -1.91. The molecule has 0 unspecified atom stereocenters. The number of hydrogen-bond donors (Lipinski definition) is 0. The zero-order valence-electron chi connectivity index (χ0n) is 7.20. The number of benzene rings is 1. The second-order valence-electron chi connectivity index (χ2n) is 2.81. The number of hydrogen-bond acceptors (Lipinski definition) is 3. The average Bonchev–Trinajstić information content (AvgIpc) is 2.19. The van der Waals surface area contributed by atoms with E-state index in [1.807, 2.05) is 0 Å². The minimum atomic E-state index is -0.594. The van der Waals surface area contributed by atoms with E-state index in [1.165, 1.54) is 12.1 Å². The molecule has 2 aromatic rings. The van der Waals surface area contributed by atoms with Gasteiger partial charge in [0, 0.05) is 11.5 Å². The van der Waals surface area contributed by atoms with Crippen LogP contribution in [-0.4, -0.2) is 9.91 Å². The molecule has 0 amide bonds. The molecule has 1 radical (unpaired) electrons. The molecule has 0 spiro atoms. The highest BCUT2D eigenvalue weighted by Gasteiger charge is 2.10. The number of nitrogens with zero attached hydrogens (tertiary/aromatic N) is 2. The Hall–Kier alpha value is -1.56. The zero-order chi connectivity index (χ0) is 11.0. The first-order valence-corrected chi connectivity index (χ1v) is 4.68. The molecular formula is C9H3BrFN2O2. The smallest absolute Gasteiger partial charge is 0.258 e. The van der Waals surface area contributed by atoms with Gasteiger partial charge in [-0.05, 0) is 22.0 Å². The molecule has 1 aromatic carbocycles. The van der Waals surface area contributed by atoms with E-state index >= 15 is 0 Å². The third-order valence-electron chi connectivity index (χ3n) is 1.82. The summed E-state index contributed by atoms with van der Waals surface area (Å²) in [6.45, 7) is 0. The Labute approximate surface area is 92.0 Å². The molecule has 0 N–H and O–H groups in total. The molecule has 0 aliphatic heterocycles. The van der Waals surface area contributed by atoms with Gasteiger partial charge in [-0.2, -0.15) is 0 Å². The van der Waals surface area contributed by atoms with Gasteiger partial charge in [0.05, 0.1) is 21.0 Å². The summed E-state index contributed by atoms with van der Waals surface area (Å²) >= 11 is 2.99. The van der Waals surface area contributed by atoms with Crippen LogP contribution in [-0.2, 0) is 0 Å². The van der Waals surface area contributed by atoms with Gasteiger partial charge in [0.25, 0.3) is 5.69 Å². The van der Waals surface area contributed by atoms with Crippen molar-refractivity contribution in [3.63, 3.8) is 0 Å². The fourth-order valence-electron chi connectivity index (χ4n) is 1.14. The Bertz CT molecular complexity index is 559. The van der Waals surface area contributed by atoms with E-state index in [-0.39, 0.29) is 10.2 Å². The van der Waals surface area contributed by atoms with E-state index in [9.17, 15) is 14.5 Å². The molecule has 0 fully saturated rings. The average molecular weight is 270 g/mol. The van der Waals surface area contributed by atoms with Crippen LogP contribution in [0.1, 0.15) is 0 Å². The Morgan fingerprint density at radius 3 is 2.93 bits per heavy atom. The normalized spacial score (nSPS) is 10.5. The van der Waals surface area contributed by atoms with Crippen LogP contribution in [0.3, 0.4) is 0 Å². The summed E-state index contributed by atoms with van der Waals surface area (Å²) in [6.07, 6.45) is 1.05. The van der Waals surface area contributed by atoms with Gasteiger partial charge in [-0.3, -0.25) is 10.1 Å². The van der Waals surface area contributed by atoms with Crippen molar-refractivity contribution in [2.45, 2.75) is 0 Å². The van der Waals surface area contributed by atoms with E-state index < -0.39 is 10.7 Å². The lowest BCUT2D eigenvalue weighted by Gasteiger charge is -1.98. The number of fused-ring (bicyclic) bond motifs is 1. The summed E-state index contributed by atoms with van der Waals surface area (Å²) in [5, 5.41) is 10.8. The van der Waals surface area contributed by atoms with Gasteiger partial charge in [-0.15, -0.1) is 0 Å². The van der Waals surface area contributed by atoms with Crippen LogP contribution in [0.4, 0.5) is 10.1 Å². The first-order valence-electron chi connectivity index (χ1n) is 3.89. The molecule has 4 nitrogen and oxygen atoms in total. The summed E-state index contributed by atoms with van der Waals surface area (Å²) < 4.78 is 13.3. The largest absolute Gasteiger partial charge is 0.296 e. The van der Waals surface area contributed by atoms with Crippen molar-refractivity contribution in [2.75, 3.05) is 0 Å². The number of aromatic nitrogens is 1. The summed E-state index contributed by atoms with van der Waals surface area (Å²) in [6, 6.07) is 5.14. The summed E-state index contributed by atoms with van der Waals surface area (Å²) in [4.78, 5) is 13.6. The first-order chi connectivity index (χ1) is 7.08. The highest BCUT2D eigenvalue weighted by molar-refractivity contribution is 9.10. The van der Waals surface area contributed by atoms with Crippen LogP contribution in [0, 0.1) is 22.0 Å². The number of halogens is 2. The molecule has 0 saturated heterocycles. The fourth-order valence-corrected chi connectivity index (χ4v) is 1.48. The summed E-state index contributed by atoms with van der Waals surface area (Å²) in [7, 11) is 0. The zero-order valence-corrected chi connectivity index (χ0v) is 8.78. The van der Waals surface area contributed by atoms with Gasteiger partial charge in [-0.1, -0.05) is 0 Å². The molecule has 15 heavy (non-hydrogen) atoms. The SMILES string of the molecule is O=[N+]([O-])c1[c]c2cc(Br)c(F)cc2nc1. The van der Waals surface area contributed by atoms with Crippen LogP contribution in [0.15, 0.2) is 22.8 Å². The van der Waals surface area contributed by atoms with Crippen molar-refractivity contribution >= 4 is 32.5 Å². The number of rotatable bonds is 1. The molecule has 0 aliphatic carbocycles. The quantitative estimate of drug-likeness (QED) is 0.591. The molecule has 2 rings (SSSR count). The van der Waals surface area contributed by atoms with Gasteiger partial charge in [-0.25, -0.2) is 9.37 Å². The maximum absolute atomic E-state index is 13.1. The predicted octanol–water partition coefficient (Wildman–Crippen LogP) is 2.84. The molecule has 1 heterocycles. The third-order valence-corrected chi connectivity index (χ3v) is 2.43. The van der Waals surface area contributed by atoms with Crippen LogP contribution in [0.25, 0.3) is 10.9 Å². The Morgan fingerprint density at radius 1 is 1.53 bits per heavy atom. The maximum Gasteiger partial charge on any atom is 0.296 e. The van der Waals surface area contributed by atoms with Gasteiger partial charge < -0.3 is 0 Å². The highest BCUT2D eigenvalue weighted by Crippen LogP contribution is 2.24. The van der Waals surface area contributed by atoms with Gasteiger partial charge in [0.2, 0.25) is 0 Å². The maximum atomic E-state index is 13.1. The molecule has 6 heteroatoms. The summed E-state index contributed by atoms with van der Waals surface area (Å²) in [5.41, 5.74) is 0.0994. The lowest BCUT2D eigenvalue weighted by molar-refractivity contribution is -0.385. The number of nitro groups is 1. The Kier molecular flexibility index (Phi) is 2.36. The van der Waals surface area contributed by atoms with E-state index in [0.29, 0.717) is 10.9 Å². The predicted molar refractivity (Wildman–Crippen MR) is 54.9 cm³/mol. The monoisotopic (exact) mass is 269 g/mol. The lowest BCUT2D eigenvalue weighted by atomic mass is 10.2. The Balaban J connectivity index is 2.72. The van der Waals surface area contributed by atoms with Crippen LogP contribution >= 0.6 is 15.9 Å². The van der Waals surface area contributed by atoms with Crippen LogP contribution < -0.4 is 0 Å². The highest BCUT2D eigenvalue weighted by atomic mass is 79.9. The minimum absolute atomic E-state index is 0.230. The van der Waals surface area contributed by atoms with Crippen molar-refractivity contribution in [3.05, 3.63) is 44.8 Å². The van der Waals surface area contributed by atoms with E-state index in [1.54, 1.807) is 0 Å². The van der Waals surface area contributed by atoms with E-state index in [4.69, 9.17) is 0 Å². The molecular weight excluding hydrogens is 267 g/mol. The van der Waals surface area contributed by atoms with Crippen molar-refractivity contribution < 1.29 is 9.31 Å². The van der Waals surface area contributed by atoms with Crippen LogP contribution in [0.5, 0.6) is 0 Å². The molecule has 0 saturated carbocycles. The van der Waals surface area contributed by atoms with E-state index in [2.05, 4.69) is 27.0 Å². The molecule has 0 bridgehead atoms. The molecule has 75 valence electrons. The topological polar surface area (TPSA) is 56.0 Å². The first kappa shape index (κ1) is 9.97. The molecule has 0 atom stereocenters. The fraction of sp³-hybridized carbons (Fsp3) is 0. The molecule has 0 aliphatic rings. The minimum Gasteiger partial charge on any atom is -0.258 e. The third kappa shape index (κ3) is 1.80. The second kappa shape index (κ2) is 3.54. The number of pyridine rings is 1. The van der Waals surface area contributed by atoms with Crippen molar-refractivity contribution in [1.29, 1.82) is 0 Å². The van der Waals surface area contributed by atoms with Crippen molar-refractivity contribution in [2.24, 2.45) is 0 Å². The van der Waals surface area contributed by atoms with Crippen molar-refractivity contribution in [1.82, 2.24) is 4.98 Å². The van der Waals surface area contributed by atoms with Crippen molar-refractivity contribution in [3.8, 4) is 0 Å².